The normalized spacial score (nSPS) is 14.4. The highest BCUT2D eigenvalue weighted by molar-refractivity contribution is 7.98. The first kappa shape index (κ1) is 23.5. The highest BCUT2D eigenvalue weighted by Gasteiger charge is 2.24. The van der Waals surface area contributed by atoms with E-state index in [1.807, 2.05) is 77.0 Å². The number of nitrogens with zero attached hydrogens (tertiary/aromatic N) is 4. The fourth-order valence-electron chi connectivity index (χ4n) is 4.37. The Kier molecular flexibility index (Phi) is 7.35. The maximum atomic E-state index is 13.4. The number of imidazole rings is 1. The number of piperazine rings is 1. The van der Waals surface area contributed by atoms with Crippen molar-refractivity contribution in [1.82, 2.24) is 19.2 Å². The molecule has 5 rings (SSSR count). The molecular formula is C28H30N4O2S. The van der Waals surface area contributed by atoms with Gasteiger partial charge in [-0.2, -0.15) is 0 Å². The van der Waals surface area contributed by atoms with Gasteiger partial charge in [0.1, 0.15) is 11.4 Å². The number of carbonyl (C=O) groups is 1. The monoisotopic (exact) mass is 486 g/mol. The molecule has 35 heavy (non-hydrogen) atoms. The highest BCUT2D eigenvalue weighted by atomic mass is 32.2. The molecule has 1 fully saturated rings. The van der Waals surface area contributed by atoms with Crippen molar-refractivity contribution in [2.75, 3.05) is 32.8 Å². The SMILES string of the molecule is CCOc1ccc(CN2CCN(C(=O)c3ccccc3SCc3cn4ccccc4n3)CC2)cc1. The summed E-state index contributed by atoms with van der Waals surface area (Å²) in [4.78, 5) is 23.5. The van der Waals surface area contributed by atoms with Crippen LogP contribution in [0.1, 0.15) is 28.5 Å². The molecule has 1 saturated heterocycles. The fourth-order valence-corrected chi connectivity index (χ4v) is 5.30. The molecular weight excluding hydrogens is 456 g/mol. The molecule has 0 spiro atoms. The summed E-state index contributed by atoms with van der Waals surface area (Å²) in [6.07, 6.45) is 4.06. The zero-order valence-corrected chi connectivity index (χ0v) is 20.8. The Labute approximate surface area is 210 Å². The zero-order chi connectivity index (χ0) is 24.0. The van der Waals surface area contributed by atoms with E-state index in [2.05, 4.69) is 28.2 Å². The smallest absolute Gasteiger partial charge is 0.255 e. The number of hydrogen-bond acceptors (Lipinski definition) is 5. The van der Waals surface area contributed by atoms with E-state index < -0.39 is 0 Å². The highest BCUT2D eigenvalue weighted by Crippen LogP contribution is 2.27. The first-order valence-electron chi connectivity index (χ1n) is 12.1. The lowest BCUT2D eigenvalue weighted by Gasteiger charge is -2.35. The molecule has 1 aliphatic heterocycles. The zero-order valence-electron chi connectivity index (χ0n) is 20.0. The topological polar surface area (TPSA) is 50.1 Å². The Hall–Kier alpha value is -3.29. The number of carbonyl (C=O) groups excluding carboxylic acids is 1. The molecule has 1 aliphatic rings. The van der Waals surface area contributed by atoms with E-state index in [0.29, 0.717) is 6.61 Å². The fraction of sp³-hybridized carbons (Fsp3) is 0.286. The molecule has 6 nitrogen and oxygen atoms in total. The van der Waals surface area contributed by atoms with Crippen molar-refractivity contribution in [3.05, 3.63) is 95.9 Å². The lowest BCUT2D eigenvalue weighted by atomic mass is 10.1. The first-order chi connectivity index (χ1) is 17.2. The average molecular weight is 487 g/mol. The molecule has 0 aliphatic carbocycles. The Balaban J connectivity index is 1.18. The largest absolute Gasteiger partial charge is 0.494 e. The van der Waals surface area contributed by atoms with Gasteiger partial charge in [0.25, 0.3) is 5.91 Å². The van der Waals surface area contributed by atoms with Gasteiger partial charge < -0.3 is 14.0 Å². The Morgan fingerprint density at radius 3 is 2.51 bits per heavy atom. The van der Waals surface area contributed by atoms with Gasteiger partial charge in [-0.25, -0.2) is 4.98 Å². The molecule has 2 aromatic heterocycles. The third kappa shape index (κ3) is 5.69. The number of amides is 1. The van der Waals surface area contributed by atoms with Crippen LogP contribution in [0.15, 0.2) is 84.0 Å². The van der Waals surface area contributed by atoms with E-state index in [4.69, 9.17) is 4.74 Å². The molecule has 7 heteroatoms. The molecule has 0 bridgehead atoms. The van der Waals surface area contributed by atoms with E-state index in [1.54, 1.807) is 11.8 Å². The predicted octanol–water partition coefficient (Wildman–Crippen LogP) is 4.98. The van der Waals surface area contributed by atoms with Crippen molar-refractivity contribution >= 4 is 23.3 Å². The molecule has 0 unspecified atom stereocenters. The predicted molar refractivity (Wildman–Crippen MR) is 140 cm³/mol. The van der Waals surface area contributed by atoms with Gasteiger partial charge in [0.05, 0.1) is 17.9 Å². The molecule has 3 heterocycles. The molecule has 0 N–H and O–H groups in total. The van der Waals surface area contributed by atoms with Gasteiger partial charge in [-0.15, -0.1) is 11.8 Å². The quantitative estimate of drug-likeness (QED) is 0.329. The first-order valence-corrected chi connectivity index (χ1v) is 13.1. The molecule has 2 aromatic carbocycles. The lowest BCUT2D eigenvalue weighted by Crippen LogP contribution is -2.48. The second kappa shape index (κ2) is 11.0. The number of thioether (sulfide) groups is 1. The number of aromatic nitrogens is 2. The van der Waals surface area contributed by atoms with Crippen molar-refractivity contribution in [3.63, 3.8) is 0 Å². The summed E-state index contributed by atoms with van der Waals surface area (Å²) in [5.41, 5.74) is 3.99. The standard InChI is InChI=1S/C28H30N4O2S/c1-2-34-24-12-10-22(11-13-24)19-30-15-17-31(18-16-30)28(33)25-7-3-4-8-26(25)35-21-23-20-32-14-6-5-9-27(32)29-23/h3-14,20H,2,15-19,21H2,1H3. The van der Waals surface area contributed by atoms with Crippen LogP contribution in [0, 0.1) is 0 Å². The van der Waals surface area contributed by atoms with Gasteiger partial charge >= 0.3 is 0 Å². The molecule has 0 saturated carbocycles. The average Bonchev–Trinajstić information content (AvgIpc) is 3.32. The van der Waals surface area contributed by atoms with Gasteiger partial charge in [0.2, 0.25) is 0 Å². The minimum atomic E-state index is 0.115. The van der Waals surface area contributed by atoms with Crippen LogP contribution < -0.4 is 4.74 Å². The number of fused-ring (bicyclic) bond motifs is 1. The van der Waals surface area contributed by atoms with Gasteiger partial charge in [-0.05, 0) is 48.9 Å². The second-order valence-electron chi connectivity index (χ2n) is 8.63. The van der Waals surface area contributed by atoms with Gasteiger partial charge in [-0.1, -0.05) is 30.3 Å². The Morgan fingerprint density at radius 2 is 1.74 bits per heavy atom. The molecule has 180 valence electrons. The Morgan fingerprint density at radius 1 is 0.971 bits per heavy atom. The summed E-state index contributed by atoms with van der Waals surface area (Å²) in [7, 11) is 0. The van der Waals surface area contributed by atoms with Crippen molar-refractivity contribution in [2.24, 2.45) is 0 Å². The van der Waals surface area contributed by atoms with Gasteiger partial charge in [0.15, 0.2) is 0 Å². The van der Waals surface area contributed by atoms with E-state index in [9.17, 15) is 4.79 Å². The molecule has 0 radical (unpaired) electrons. The number of pyridine rings is 1. The molecule has 4 aromatic rings. The number of ether oxygens (including phenoxy) is 1. The van der Waals surface area contributed by atoms with Crippen LogP contribution in [0.3, 0.4) is 0 Å². The second-order valence-corrected chi connectivity index (χ2v) is 9.65. The summed E-state index contributed by atoms with van der Waals surface area (Å²) >= 11 is 1.67. The van der Waals surface area contributed by atoms with Crippen LogP contribution in [0.2, 0.25) is 0 Å². The number of rotatable bonds is 8. The van der Waals surface area contributed by atoms with Crippen molar-refractivity contribution in [3.8, 4) is 5.75 Å². The minimum Gasteiger partial charge on any atom is -0.494 e. The lowest BCUT2D eigenvalue weighted by molar-refractivity contribution is 0.0625. The van der Waals surface area contributed by atoms with Crippen LogP contribution >= 0.6 is 11.8 Å². The Bertz CT molecular complexity index is 1250. The van der Waals surface area contributed by atoms with E-state index in [0.717, 1.165) is 66.0 Å². The number of benzene rings is 2. The maximum absolute atomic E-state index is 13.4. The third-order valence-electron chi connectivity index (χ3n) is 6.21. The summed E-state index contributed by atoms with van der Waals surface area (Å²) in [6.45, 7) is 6.78. The third-order valence-corrected chi connectivity index (χ3v) is 7.31. The van der Waals surface area contributed by atoms with E-state index >= 15 is 0 Å². The number of hydrogen-bond donors (Lipinski definition) is 0. The van der Waals surface area contributed by atoms with Crippen LogP contribution in [0.5, 0.6) is 5.75 Å². The summed E-state index contributed by atoms with van der Waals surface area (Å²) in [6, 6.07) is 22.2. The summed E-state index contributed by atoms with van der Waals surface area (Å²) < 4.78 is 7.56. The van der Waals surface area contributed by atoms with Crippen molar-refractivity contribution < 1.29 is 9.53 Å². The van der Waals surface area contributed by atoms with Gasteiger partial charge in [0, 0.05) is 55.8 Å². The van der Waals surface area contributed by atoms with Crippen LogP contribution in [-0.4, -0.2) is 57.9 Å². The van der Waals surface area contributed by atoms with Crippen molar-refractivity contribution in [2.45, 2.75) is 24.1 Å². The van der Waals surface area contributed by atoms with Crippen LogP contribution in [-0.2, 0) is 12.3 Å². The van der Waals surface area contributed by atoms with E-state index in [-0.39, 0.29) is 5.91 Å². The maximum Gasteiger partial charge on any atom is 0.255 e. The van der Waals surface area contributed by atoms with Crippen LogP contribution in [0.4, 0.5) is 0 Å². The molecule has 0 atom stereocenters. The van der Waals surface area contributed by atoms with E-state index in [1.165, 1.54) is 5.56 Å². The summed E-state index contributed by atoms with van der Waals surface area (Å²) in [5.74, 6) is 1.75. The van der Waals surface area contributed by atoms with Crippen LogP contribution in [0.25, 0.3) is 5.65 Å². The minimum absolute atomic E-state index is 0.115. The summed E-state index contributed by atoms with van der Waals surface area (Å²) in [5, 5.41) is 0. The van der Waals surface area contributed by atoms with Gasteiger partial charge in [-0.3, -0.25) is 9.69 Å². The van der Waals surface area contributed by atoms with Crippen molar-refractivity contribution in [1.29, 1.82) is 0 Å². The molecule has 1 amide bonds.